The summed E-state index contributed by atoms with van der Waals surface area (Å²) in [5.41, 5.74) is 2.40. The lowest BCUT2D eigenvalue weighted by atomic mass is 10.1. The summed E-state index contributed by atoms with van der Waals surface area (Å²) in [5, 5.41) is 10.3. The highest BCUT2D eigenvalue weighted by Crippen LogP contribution is 2.31. The molecule has 0 aliphatic heterocycles. The van der Waals surface area contributed by atoms with Crippen LogP contribution in [-0.2, 0) is 6.42 Å². The zero-order chi connectivity index (χ0) is 21.3. The summed E-state index contributed by atoms with van der Waals surface area (Å²) in [5.74, 6) is 0.991. The molecule has 0 saturated heterocycles. The Labute approximate surface area is 184 Å². The lowest BCUT2D eigenvalue weighted by Crippen LogP contribution is -2.02. The fourth-order valence-electron chi connectivity index (χ4n) is 2.71. The van der Waals surface area contributed by atoms with Crippen molar-refractivity contribution in [2.24, 2.45) is 0 Å². The Kier molecular flexibility index (Phi) is 7.61. The summed E-state index contributed by atoms with van der Waals surface area (Å²) in [6, 6.07) is 7.76. The minimum atomic E-state index is 0.286. The van der Waals surface area contributed by atoms with E-state index >= 15 is 0 Å². The van der Waals surface area contributed by atoms with Crippen LogP contribution in [0.4, 0.5) is 0 Å². The number of nitriles is 1. The van der Waals surface area contributed by atoms with Crippen LogP contribution >= 0.6 is 23.2 Å². The average molecular weight is 441 g/mol. The molecule has 0 atom stereocenters. The van der Waals surface area contributed by atoms with Gasteiger partial charge in [-0.2, -0.15) is 5.26 Å². The van der Waals surface area contributed by atoms with Gasteiger partial charge in [0.25, 0.3) is 0 Å². The Hall–Kier alpha value is -3.14. The van der Waals surface area contributed by atoms with E-state index in [0.717, 1.165) is 12.8 Å². The van der Waals surface area contributed by atoms with Gasteiger partial charge in [0.2, 0.25) is 0 Å². The van der Waals surface area contributed by atoms with Crippen LogP contribution in [0.3, 0.4) is 0 Å². The minimum Gasteiger partial charge on any atom is -0.491 e. The van der Waals surface area contributed by atoms with E-state index in [4.69, 9.17) is 32.7 Å². The molecule has 0 aromatic carbocycles. The monoisotopic (exact) mass is 440 g/mol. The smallest absolute Gasteiger partial charge is 0.179 e. The first-order chi connectivity index (χ1) is 14.6. The Morgan fingerprint density at radius 2 is 1.83 bits per heavy atom. The van der Waals surface area contributed by atoms with Crippen molar-refractivity contribution < 1.29 is 9.47 Å². The van der Waals surface area contributed by atoms with Crippen LogP contribution in [-0.4, -0.2) is 28.7 Å². The molecule has 30 heavy (non-hydrogen) atoms. The van der Waals surface area contributed by atoms with E-state index in [2.05, 4.69) is 21.0 Å². The van der Waals surface area contributed by atoms with Gasteiger partial charge >= 0.3 is 0 Å². The number of hydrogen-bond acceptors (Lipinski definition) is 6. The summed E-state index contributed by atoms with van der Waals surface area (Å²) in [6.07, 6.45) is 11.2. The van der Waals surface area contributed by atoms with Gasteiger partial charge in [0.05, 0.1) is 41.2 Å². The Morgan fingerprint density at radius 3 is 2.50 bits per heavy atom. The van der Waals surface area contributed by atoms with Crippen LogP contribution < -0.4 is 9.47 Å². The molecule has 0 fully saturated rings. The molecule has 0 aliphatic rings. The van der Waals surface area contributed by atoms with E-state index in [-0.39, 0.29) is 5.57 Å². The molecule has 3 rings (SSSR count). The van der Waals surface area contributed by atoms with Crippen LogP contribution in [0.25, 0.3) is 11.6 Å². The van der Waals surface area contributed by atoms with Gasteiger partial charge in [0.1, 0.15) is 6.07 Å². The Bertz CT molecular complexity index is 1060. The van der Waals surface area contributed by atoms with E-state index in [0.29, 0.717) is 39.4 Å². The molecule has 0 aliphatic carbocycles. The van der Waals surface area contributed by atoms with Crippen molar-refractivity contribution >= 4 is 34.9 Å². The third-order valence-electron chi connectivity index (χ3n) is 4.24. The van der Waals surface area contributed by atoms with Gasteiger partial charge in [0, 0.05) is 36.4 Å². The summed E-state index contributed by atoms with van der Waals surface area (Å²) in [7, 11) is 1.54. The van der Waals surface area contributed by atoms with Crippen molar-refractivity contribution in [3.63, 3.8) is 0 Å². The molecular formula is C22H18Cl2N4O2. The highest BCUT2D eigenvalue weighted by Gasteiger charge is 2.13. The zero-order valence-electron chi connectivity index (χ0n) is 16.2. The summed E-state index contributed by atoms with van der Waals surface area (Å²) in [4.78, 5) is 12.2. The first-order valence-corrected chi connectivity index (χ1v) is 9.85. The maximum atomic E-state index is 9.64. The number of hydrogen-bond donors (Lipinski definition) is 0. The largest absolute Gasteiger partial charge is 0.491 e. The summed E-state index contributed by atoms with van der Waals surface area (Å²) >= 11 is 12.3. The lowest BCUT2D eigenvalue weighted by molar-refractivity contribution is 0.288. The molecule has 0 spiro atoms. The quantitative estimate of drug-likeness (QED) is 0.350. The maximum absolute atomic E-state index is 9.64. The molecule has 152 valence electrons. The minimum absolute atomic E-state index is 0.286. The predicted octanol–water partition coefficient (Wildman–Crippen LogP) is 5.26. The Balaban J connectivity index is 1.79. The van der Waals surface area contributed by atoms with Gasteiger partial charge in [-0.25, -0.2) is 0 Å². The number of nitrogens with zero attached hydrogens (tertiary/aromatic N) is 4. The maximum Gasteiger partial charge on any atom is 0.179 e. The van der Waals surface area contributed by atoms with Gasteiger partial charge in [-0.1, -0.05) is 23.2 Å². The van der Waals surface area contributed by atoms with Crippen molar-refractivity contribution in [1.82, 2.24) is 15.0 Å². The second-order valence-electron chi connectivity index (χ2n) is 6.21. The molecular weight excluding hydrogens is 423 g/mol. The average Bonchev–Trinajstić information content (AvgIpc) is 2.77. The predicted molar refractivity (Wildman–Crippen MR) is 117 cm³/mol. The second kappa shape index (κ2) is 10.6. The second-order valence-corrected chi connectivity index (χ2v) is 7.03. The third kappa shape index (κ3) is 5.47. The number of methoxy groups -OCH3 is 1. The van der Waals surface area contributed by atoms with Gasteiger partial charge in [-0.05, 0) is 36.6 Å². The molecule has 0 amide bonds. The van der Waals surface area contributed by atoms with E-state index < -0.39 is 0 Å². The molecule has 3 aromatic rings. The normalized spacial score (nSPS) is 11.1. The van der Waals surface area contributed by atoms with Gasteiger partial charge in [-0.3, -0.25) is 15.0 Å². The molecule has 6 nitrogen and oxygen atoms in total. The molecule has 0 bridgehead atoms. The van der Waals surface area contributed by atoms with E-state index in [1.807, 2.05) is 12.1 Å². The van der Waals surface area contributed by atoms with Crippen molar-refractivity contribution in [3.05, 3.63) is 76.0 Å². The first-order valence-electron chi connectivity index (χ1n) is 9.09. The van der Waals surface area contributed by atoms with Crippen LogP contribution in [0, 0.1) is 11.3 Å². The fraction of sp³-hybridized carbons (Fsp3) is 0.182. The molecule has 8 heteroatoms. The number of aromatic nitrogens is 3. The van der Waals surface area contributed by atoms with E-state index in [1.54, 1.807) is 24.5 Å². The van der Waals surface area contributed by atoms with Crippen LogP contribution in [0.2, 0.25) is 10.0 Å². The summed E-state index contributed by atoms with van der Waals surface area (Å²) in [6.45, 7) is 0.482. The van der Waals surface area contributed by atoms with E-state index in [1.165, 1.54) is 31.3 Å². The summed E-state index contributed by atoms with van der Waals surface area (Å²) < 4.78 is 11.2. The van der Waals surface area contributed by atoms with Crippen molar-refractivity contribution in [2.45, 2.75) is 12.8 Å². The van der Waals surface area contributed by atoms with Crippen molar-refractivity contribution in [3.8, 4) is 17.6 Å². The molecule has 3 aromatic heterocycles. The molecule has 3 heterocycles. The van der Waals surface area contributed by atoms with Crippen LogP contribution in [0.5, 0.6) is 11.5 Å². The fourth-order valence-corrected chi connectivity index (χ4v) is 3.19. The van der Waals surface area contributed by atoms with E-state index in [9.17, 15) is 5.26 Å². The third-order valence-corrected chi connectivity index (χ3v) is 4.85. The molecule has 0 unspecified atom stereocenters. The van der Waals surface area contributed by atoms with Gasteiger partial charge in [0.15, 0.2) is 11.5 Å². The number of aryl methyl sites for hydroxylation is 1. The van der Waals surface area contributed by atoms with Gasteiger partial charge < -0.3 is 9.47 Å². The SMILES string of the molecule is COc1cnc(/C(C#N)=C/c2c(Cl)cncc2Cl)cc1OCCCc1ccncc1. The standard InChI is InChI=1S/C22H18Cl2N4O2/c1-29-22-14-28-20(16(11-25)9-17-18(23)12-27-13-19(17)24)10-21(22)30-8-2-3-15-4-6-26-7-5-15/h4-7,9-10,12-14H,2-3,8H2,1H3/b16-9+. The van der Waals surface area contributed by atoms with Crippen molar-refractivity contribution in [1.29, 1.82) is 5.26 Å². The molecule has 0 saturated carbocycles. The number of halogens is 2. The Morgan fingerprint density at radius 1 is 1.10 bits per heavy atom. The highest BCUT2D eigenvalue weighted by atomic mass is 35.5. The van der Waals surface area contributed by atoms with Crippen LogP contribution in [0.1, 0.15) is 23.2 Å². The van der Waals surface area contributed by atoms with Crippen molar-refractivity contribution in [2.75, 3.05) is 13.7 Å². The number of rotatable bonds is 8. The number of pyridine rings is 3. The zero-order valence-corrected chi connectivity index (χ0v) is 17.7. The number of ether oxygens (including phenoxy) is 2. The number of allylic oxidation sites excluding steroid dienone is 1. The van der Waals surface area contributed by atoms with Crippen LogP contribution in [0.15, 0.2) is 49.2 Å². The van der Waals surface area contributed by atoms with Gasteiger partial charge in [-0.15, -0.1) is 0 Å². The first kappa shape index (κ1) is 21.6. The molecule has 0 radical (unpaired) electrons. The molecule has 0 N–H and O–H groups in total. The highest BCUT2D eigenvalue weighted by molar-refractivity contribution is 6.37. The lowest BCUT2D eigenvalue weighted by Gasteiger charge is -2.12. The topological polar surface area (TPSA) is 80.9 Å².